The van der Waals surface area contributed by atoms with Crippen molar-refractivity contribution in [2.24, 2.45) is 40.4 Å². The van der Waals surface area contributed by atoms with E-state index in [0.717, 1.165) is 57.8 Å². The number of aliphatic hydroxyl groups excluding tert-OH is 2. The van der Waals surface area contributed by atoms with Gasteiger partial charge in [-0.25, -0.2) is 0 Å². The van der Waals surface area contributed by atoms with E-state index >= 15 is 0 Å². The average molecular weight is 447 g/mol. The van der Waals surface area contributed by atoms with Crippen molar-refractivity contribution in [2.75, 3.05) is 13.2 Å². The maximum atomic E-state index is 12.5. The molecular weight excluding hydrogens is 404 g/mol. The van der Waals surface area contributed by atoms with Crippen LogP contribution in [0.4, 0.5) is 0 Å². The molecule has 3 N–H and O–H groups in total. The highest BCUT2D eigenvalue weighted by molar-refractivity contribution is 5.29. The molecule has 6 aliphatic rings. The van der Waals surface area contributed by atoms with E-state index in [2.05, 4.69) is 26.8 Å². The van der Waals surface area contributed by atoms with Crippen LogP contribution in [0, 0.1) is 40.4 Å². The van der Waals surface area contributed by atoms with Gasteiger partial charge >= 0.3 is 0 Å². The Balaban J connectivity index is 1.30. The van der Waals surface area contributed by atoms with Crippen LogP contribution < -0.4 is 0 Å². The third-order valence-electron chi connectivity index (χ3n) is 11.6. The fourth-order valence-electron chi connectivity index (χ4n) is 9.70. The predicted molar refractivity (Wildman–Crippen MR) is 121 cm³/mol. The summed E-state index contributed by atoms with van der Waals surface area (Å²) in [5.74, 6) is 1.01. The molecule has 0 bridgehead atoms. The molecule has 11 atom stereocenters. The van der Waals surface area contributed by atoms with Gasteiger partial charge in [0.1, 0.15) is 0 Å². The minimum absolute atomic E-state index is 0.0517. The molecule has 0 unspecified atom stereocenters. The summed E-state index contributed by atoms with van der Waals surface area (Å²) in [5.41, 5.74) is 0.705. The highest BCUT2D eigenvalue weighted by atomic mass is 16.7. The monoisotopic (exact) mass is 446 g/mol. The first-order chi connectivity index (χ1) is 15.2. The summed E-state index contributed by atoms with van der Waals surface area (Å²) < 4.78 is 13.1. The Kier molecular flexibility index (Phi) is 4.84. The average Bonchev–Trinajstić information content (AvgIpc) is 3.16. The minimum atomic E-state index is -0.704. The first-order valence-corrected chi connectivity index (χ1v) is 13.2. The van der Waals surface area contributed by atoms with Gasteiger partial charge in [0.25, 0.3) is 0 Å². The van der Waals surface area contributed by atoms with Gasteiger partial charge in [0.05, 0.1) is 24.4 Å². The quantitative estimate of drug-likeness (QED) is 0.534. The molecule has 4 aliphatic carbocycles. The zero-order valence-electron chi connectivity index (χ0n) is 20.1. The zero-order valence-corrected chi connectivity index (χ0v) is 20.1. The number of aliphatic hydroxyl groups is 3. The molecule has 5 heteroatoms. The smallest absolute Gasteiger partial charge is 0.171 e. The molecule has 0 aromatic carbocycles. The van der Waals surface area contributed by atoms with Gasteiger partial charge in [-0.3, -0.25) is 0 Å². The van der Waals surface area contributed by atoms with Gasteiger partial charge in [0.15, 0.2) is 5.79 Å². The van der Waals surface area contributed by atoms with Gasteiger partial charge in [0, 0.05) is 42.6 Å². The predicted octanol–water partition coefficient (Wildman–Crippen LogP) is 3.80. The molecule has 2 aliphatic heterocycles. The third-order valence-corrected chi connectivity index (χ3v) is 11.6. The lowest BCUT2D eigenvalue weighted by molar-refractivity contribution is -0.282. The number of rotatable bonds is 1. The lowest BCUT2D eigenvalue weighted by Gasteiger charge is -2.61. The number of allylic oxidation sites excluding steroid dienone is 1. The third kappa shape index (κ3) is 2.64. The van der Waals surface area contributed by atoms with Crippen molar-refractivity contribution < 1.29 is 24.8 Å². The van der Waals surface area contributed by atoms with Crippen LogP contribution in [0.5, 0.6) is 0 Å². The van der Waals surface area contributed by atoms with Crippen LogP contribution in [0.2, 0.25) is 0 Å². The van der Waals surface area contributed by atoms with Gasteiger partial charge in [-0.05, 0) is 62.2 Å². The van der Waals surface area contributed by atoms with Crippen molar-refractivity contribution in [2.45, 2.75) is 102 Å². The maximum Gasteiger partial charge on any atom is 0.171 e. The Morgan fingerprint density at radius 2 is 1.91 bits per heavy atom. The molecule has 5 fully saturated rings. The second-order valence-corrected chi connectivity index (χ2v) is 12.8. The fraction of sp³-hybridized carbons (Fsp3) is 0.926. The van der Waals surface area contributed by atoms with Crippen LogP contribution in [0.25, 0.3) is 0 Å². The summed E-state index contributed by atoms with van der Waals surface area (Å²) in [6, 6.07) is 0. The first kappa shape index (κ1) is 22.0. The van der Waals surface area contributed by atoms with Crippen LogP contribution in [0.15, 0.2) is 11.6 Å². The summed E-state index contributed by atoms with van der Waals surface area (Å²) in [6.45, 7) is 7.80. The summed E-state index contributed by atoms with van der Waals surface area (Å²) in [6.07, 6.45) is 10.6. The van der Waals surface area contributed by atoms with Crippen LogP contribution in [0.1, 0.15) is 78.6 Å². The first-order valence-electron chi connectivity index (χ1n) is 13.2. The van der Waals surface area contributed by atoms with E-state index in [1.165, 1.54) is 5.57 Å². The van der Waals surface area contributed by atoms with E-state index in [9.17, 15) is 15.3 Å². The Morgan fingerprint density at radius 3 is 2.62 bits per heavy atom. The van der Waals surface area contributed by atoms with Crippen LogP contribution >= 0.6 is 0 Å². The molecule has 0 aromatic heterocycles. The lowest BCUT2D eigenvalue weighted by Crippen LogP contribution is -2.61. The van der Waals surface area contributed by atoms with E-state index in [1.807, 2.05) is 0 Å². The number of ether oxygens (including phenoxy) is 2. The summed E-state index contributed by atoms with van der Waals surface area (Å²) >= 11 is 0. The standard InChI is InChI=1S/C27H42O5/c1-16-23-22(32-27(16)11-6-17(14-28)15-31-27)13-26(30)21-5-4-18-12-19(29)7-9-24(18,2)20(21)8-10-25(23,26)3/h4,16-17,19-23,28-30H,5-15H2,1-3H3/t16-,17-,19-,20-,21+,22-,23-,24-,25+,26+,27+/m0/s1. The molecule has 2 saturated heterocycles. The zero-order chi connectivity index (χ0) is 22.5. The Bertz CT molecular complexity index is 802. The SMILES string of the molecule is C[C@H]1[C@H]2[C@H](C[C@@]3(O)[C@@H]4CC=C5C[C@@H](O)CC[C@]5(C)[C@H]4CC[C@]23C)O[C@]12CC[C@@H](CO)CO2. The van der Waals surface area contributed by atoms with Crippen molar-refractivity contribution in [3.63, 3.8) is 0 Å². The number of hydrogen-bond acceptors (Lipinski definition) is 5. The van der Waals surface area contributed by atoms with E-state index < -0.39 is 11.4 Å². The van der Waals surface area contributed by atoms with E-state index in [-0.39, 0.29) is 47.4 Å². The summed E-state index contributed by atoms with van der Waals surface area (Å²) in [5, 5.41) is 32.3. The molecule has 6 rings (SSSR count). The summed E-state index contributed by atoms with van der Waals surface area (Å²) in [4.78, 5) is 0. The second-order valence-electron chi connectivity index (χ2n) is 12.8. The molecule has 0 radical (unpaired) electrons. The number of fused-ring (bicyclic) bond motifs is 7. The molecule has 0 aromatic rings. The minimum Gasteiger partial charge on any atom is -0.396 e. The van der Waals surface area contributed by atoms with Crippen molar-refractivity contribution >= 4 is 0 Å². The van der Waals surface area contributed by atoms with Gasteiger partial charge in [0.2, 0.25) is 0 Å². The van der Waals surface area contributed by atoms with E-state index in [4.69, 9.17) is 9.47 Å². The molecule has 32 heavy (non-hydrogen) atoms. The maximum absolute atomic E-state index is 12.5. The molecule has 3 saturated carbocycles. The number of hydrogen-bond donors (Lipinski definition) is 3. The topological polar surface area (TPSA) is 79.2 Å². The van der Waals surface area contributed by atoms with Crippen molar-refractivity contribution in [3.8, 4) is 0 Å². The largest absolute Gasteiger partial charge is 0.396 e. The van der Waals surface area contributed by atoms with Crippen molar-refractivity contribution in [1.82, 2.24) is 0 Å². The fourth-order valence-corrected chi connectivity index (χ4v) is 9.70. The molecule has 1 spiro atoms. The Morgan fingerprint density at radius 1 is 1.09 bits per heavy atom. The summed E-state index contributed by atoms with van der Waals surface area (Å²) in [7, 11) is 0. The van der Waals surface area contributed by atoms with Gasteiger partial charge in [-0.1, -0.05) is 32.4 Å². The molecule has 5 nitrogen and oxygen atoms in total. The normalized spacial score (nSPS) is 59.2. The van der Waals surface area contributed by atoms with Crippen molar-refractivity contribution in [1.29, 1.82) is 0 Å². The Hall–Kier alpha value is -0.460. The highest BCUT2D eigenvalue weighted by Gasteiger charge is 2.74. The van der Waals surface area contributed by atoms with Gasteiger partial charge in [-0.2, -0.15) is 0 Å². The molecule has 0 amide bonds. The molecular formula is C27H42O5. The van der Waals surface area contributed by atoms with E-state index in [1.54, 1.807) is 0 Å². The Labute approximate surface area is 192 Å². The van der Waals surface area contributed by atoms with E-state index in [0.29, 0.717) is 18.4 Å². The van der Waals surface area contributed by atoms with Gasteiger partial charge < -0.3 is 24.8 Å². The molecule has 2 heterocycles. The van der Waals surface area contributed by atoms with Crippen LogP contribution in [-0.4, -0.2) is 52.1 Å². The van der Waals surface area contributed by atoms with Gasteiger partial charge in [-0.15, -0.1) is 0 Å². The van der Waals surface area contributed by atoms with Crippen molar-refractivity contribution in [3.05, 3.63) is 11.6 Å². The lowest BCUT2D eigenvalue weighted by atomic mass is 9.45. The molecule has 180 valence electrons. The highest BCUT2D eigenvalue weighted by Crippen LogP contribution is 2.72. The van der Waals surface area contributed by atoms with Crippen LogP contribution in [-0.2, 0) is 9.47 Å². The van der Waals surface area contributed by atoms with Crippen LogP contribution in [0.3, 0.4) is 0 Å². The second kappa shape index (κ2) is 7.04.